The second-order valence-electron chi connectivity index (χ2n) is 7.84. The summed E-state index contributed by atoms with van der Waals surface area (Å²) in [6.45, 7) is 2.95. The highest BCUT2D eigenvalue weighted by Gasteiger charge is 2.16. The molecule has 4 aromatic rings. The maximum absolute atomic E-state index is 13.4. The molecule has 1 heterocycles. The number of hydrogen-bond acceptors (Lipinski definition) is 6. The van der Waals surface area contributed by atoms with Gasteiger partial charge in [-0.3, -0.25) is 4.79 Å². The lowest BCUT2D eigenvalue weighted by Gasteiger charge is -2.19. The normalized spacial score (nSPS) is 10.7. The van der Waals surface area contributed by atoms with Crippen molar-refractivity contribution in [1.82, 2.24) is 9.78 Å². The van der Waals surface area contributed by atoms with Crippen molar-refractivity contribution in [2.45, 2.75) is 13.5 Å². The summed E-state index contributed by atoms with van der Waals surface area (Å²) in [6.07, 6.45) is 0. The Labute approximate surface area is 198 Å². The van der Waals surface area contributed by atoms with Gasteiger partial charge in [-0.2, -0.15) is 9.78 Å². The number of benzene rings is 3. The summed E-state index contributed by atoms with van der Waals surface area (Å²) in [4.78, 5) is 15.3. The number of nitrogens with zero attached hydrogens (tertiary/aromatic N) is 3. The Morgan fingerprint density at radius 1 is 0.971 bits per heavy atom. The molecule has 1 aromatic heterocycles. The number of hydrogen-bond donors (Lipinski definition) is 1. The minimum absolute atomic E-state index is 0.0218. The predicted octanol–water partition coefficient (Wildman–Crippen LogP) is 4.65. The zero-order valence-electron chi connectivity index (χ0n) is 19.4. The van der Waals surface area contributed by atoms with Gasteiger partial charge in [0.15, 0.2) is 0 Å². The molecule has 1 N–H and O–H groups in total. The van der Waals surface area contributed by atoms with Gasteiger partial charge in [0.1, 0.15) is 29.5 Å². The van der Waals surface area contributed by atoms with E-state index in [-0.39, 0.29) is 11.3 Å². The molecule has 0 saturated heterocycles. The average molecular weight is 458 g/mol. The fraction of sp³-hybridized carbons (Fsp3) is 0.185. The smallest absolute Gasteiger partial charge is 0.295 e. The first-order valence-corrected chi connectivity index (χ1v) is 11.0. The Morgan fingerprint density at radius 3 is 2.50 bits per heavy atom. The number of aromatic nitrogens is 2. The number of anilines is 1. The van der Waals surface area contributed by atoms with Crippen LogP contribution in [0.1, 0.15) is 12.5 Å². The van der Waals surface area contributed by atoms with Crippen LogP contribution in [0, 0.1) is 0 Å². The molecule has 0 aliphatic rings. The molecular formula is C27H27N3O4. The second kappa shape index (κ2) is 10.1. The van der Waals surface area contributed by atoms with Crippen molar-refractivity contribution in [3.8, 4) is 34.2 Å². The molecule has 0 fully saturated rings. The van der Waals surface area contributed by atoms with Crippen LogP contribution in [-0.2, 0) is 6.61 Å². The van der Waals surface area contributed by atoms with Gasteiger partial charge in [-0.1, -0.05) is 42.5 Å². The van der Waals surface area contributed by atoms with Gasteiger partial charge in [0, 0.05) is 37.4 Å². The van der Waals surface area contributed by atoms with Gasteiger partial charge >= 0.3 is 0 Å². The zero-order valence-corrected chi connectivity index (χ0v) is 19.4. The van der Waals surface area contributed by atoms with Crippen LogP contribution >= 0.6 is 0 Å². The molecule has 0 bridgehead atoms. The number of phenols is 1. The quantitative estimate of drug-likeness (QED) is 0.415. The molecule has 7 nitrogen and oxygen atoms in total. The van der Waals surface area contributed by atoms with E-state index >= 15 is 0 Å². The lowest BCUT2D eigenvalue weighted by Crippen LogP contribution is -2.30. The Morgan fingerprint density at radius 2 is 1.76 bits per heavy atom. The second-order valence-corrected chi connectivity index (χ2v) is 7.84. The van der Waals surface area contributed by atoms with Crippen molar-refractivity contribution in [3.05, 3.63) is 94.8 Å². The largest absolute Gasteiger partial charge is 0.508 e. The molecule has 0 unspecified atom stereocenters. The van der Waals surface area contributed by atoms with Crippen molar-refractivity contribution >= 4 is 5.69 Å². The molecule has 0 amide bonds. The van der Waals surface area contributed by atoms with Gasteiger partial charge in [0.25, 0.3) is 5.56 Å². The molecule has 4 rings (SSSR count). The molecular weight excluding hydrogens is 430 g/mol. The highest BCUT2D eigenvalue weighted by molar-refractivity contribution is 5.65. The third kappa shape index (κ3) is 5.04. The van der Waals surface area contributed by atoms with E-state index in [1.807, 2.05) is 73.5 Å². The van der Waals surface area contributed by atoms with Gasteiger partial charge in [-0.05, 0) is 30.7 Å². The lowest BCUT2D eigenvalue weighted by atomic mass is 10.1. The fourth-order valence-corrected chi connectivity index (χ4v) is 3.54. The third-order valence-electron chi connectivity index (χ3n) is 5.51. The van der Waals surface area contributed by atoms with E-state index in [9.17, 15) is 9.90 Å². The first-order valence-electron chi connectivity index (χ1n) is 11.0. The number of methoxy groups -OCH3 is 1. The van der Waals surface area contributed by atoms with Crippen LogP contribution in [0.15, 0.2) is 83.7 Å². The molecule has 0 spiro atoms. The zero-order chi connectivity index (χ0) is 24.1. The van der Waals surface area contributed by atoms with Crippen LogP contribution in [0.5, 0.6) is 17.2 Å². The van der Waals surface area contributed by atoms with Crippen molar-refractivity contribution in [3.63, 3.8) is 0 Å². The van der Waals surface area contributed by atoms with E-state index in [0.717, 1.165) is 11.1 Å². The Bertz CT molecular complexity index is 1340. The molecule has 34 heavy (non-hydrogen) atoms. The maximum atomic E-state index is 13.4. The summed E-state index contributed by atoms with van der Waals surface area (Å²) < 4.78 is 12.5. The van der Waals surface area contributed by atoms with Crippen molar-refractivity contribution in [2.75, 3.05) is 25.6 Å². The summed E-state index contributed by atoms with van der Waals surface area (Å²) in [5, 5.41) is 15.0. The summed E-state index contributed by atoms with van der Waals surface area (Å²) in [5.74, 6) is 1.10. The number of ether oxygens (including phenoxy) is 2. The van der Waals surface area contributed by atoms with Gasteiger partial charge in [-0.25, -0.2) is 0 Å². The number of phenolic OH excluding ortho intramolecular Hbond substituents is 1. The van der Waals surface area contributed by atoms with E-state index in [4.69, 9.17) is 9.47 Å². The first-order chi connectivity index (χ1) is 16.5. The van der Waals surface area contributed by atoms with Crippen LogP contribution in [0.25, 0.3) is 16.9 Å². The monoisotopic (exact) mass is 457 g/mol. The van der Waals surface area contributed by atoms with Crippen molar-refractivity contribution < 1.29 is 14.6 Å². The molecule has 0 saturated carbocycles. The summed E-state index contributed by atoms with van der Waals surface area (Å²) >= 11 is 0. The molecule has 0 aliphatic heterocycles. The highest BCUT2D eigenvalue weighted by atomic mass is 16.5. The molecule has 0 radical (unpaired) electrons. The van der Waals surface area contributed by atoms with Crippen LogP contribution < -0.4 is 19.9 Å². The van der Waals surface area contributed by atoms with E-state index in [1.165, 1.54) is 16.8 Å². The SMILES string of the molecule is CCN(C)c1cc(-c2cccc(OC)c2)nn(-c2cc(O)cc(OCc3ccccc3)c2)c1=O. The van der Waals surface area contributed by atoms with Crippen LogP contribution in [0.4, 0.5) is 5.69 Å². The van der Waals surface area contributed by atoms with Crippen molar-refractivity contribution in [2.24, 2.45) is 0 Å². The number of rotatable bonds is 8. The minimum Gasteiger partial charge on any atom is -0.508 e. The third-order valence-corrected chi connectivity index (χ3v) is 5.51. The van der Waals surface area contributed by atoms with E-state index in [0.29, 0.717) is 41.7 Å². The standard InChI is InChI=1S/C27H27N3O4/c1-4-29(2)26-17-25(20-11-8-12-23(13-20)33-3)28-30(27(26)32)21-14-22(31)16-24(15-21)34-18-19-9-6-5-7-10-19/h5-17,31H,4,18H2,1-3H3. The maximum Gasteiger partial charge on any atom is 0.295 e. The van der Waals surface area contributed by atoms with E-state index in [1.54, 1.807) is 19.2 Å². The molecule has 174 valence electrons. The lowest BCUT2D eigenvalue weighted by molar-refractivity contribution is 0.304. The Hall–Kier alpha value is -4.26. The summed E-state index contributed by atoms with van der Waals surface area (Å²) in [7, 11) is 3.46. The summed E-state index contributed by atoms with van der Waals surface area (Å²) in [5.41, 5.74) is 3.00. The Balaban J connectivity index is 1.79. The minimum atomic E-state index is -0.296. The van der Waals surface area contributed by atoms with Crippen LogP contribution in [0.2, 0.25) is 0 Å². The number of aromatic hydroxyl groups is 1. The topological polar surface area (TPSA) is 76.8 Å². The molecule has 0 atom stereocenters. The molecule has 7 heteroatoms. The van der Waals surface area contributed by atoms with Gasteiger partial charge in [0.2, 0.25) is 0 Å². The first kappa shape index (κ1) is 22.9. The van der Waals surface area contributed by atoms with E-state index in [2.05, 4.69) is 5.10 Å². The van der Waals surface area contributed by atoms with Gasteiger partial charge < -0.3 is 19.5 Å². The fourth-order valence-electron chi connectivity index (χ4n) is 3.54. The van der Waals surface area contributed by atoms with E-state index < -0.39 is 0 Å². The van der Waals surface area contributed by atoms with Gasteiger partial charge in [0.05, 0.1) is 18.5 Å². The Kier molecular flexibility index (Phi) is 6.82. The molecule has 3 aromatic carbocycles. The predicted molar refractivity (Wildman–Crippen MR) is 133 cm³/mol. The van der Waals surface area contributed by atoms with Crippen molar-refractivity contribution in [1.29, 1.82) is 0 Å². The summed E-state index contributed by atoms with van der Waals surface area (Å²) in [6, 6.07) is 23.7. The molecule has 0 aliphatic carbocycles. The van der Waals surface area contributed by atoms with Crippen LogP contribution in [0.3, 0.4) is 0 Å². The van der Waals surface area contributed by atoms with Crippen LogP contribution in [-0.4, -0.2) is 35.6 Å². The van der Waals surface area contributed by atoms with Gasteiger partial charge in [-0.15, -0.1) is 0 Å². The highest BCUT2D eigenvalue weighted by Crippen LogP contribution is 2.27. The average Bonchev–Trinajstić information content (AvgIpc) is 2.87.